The minimum Gasteiger partial charge on any atom is -0.451 e. The van der Waals surface area contributed by atoms with Crippen molar-refractivity contribution in [1.29, 1.82) is 0 Å². The average Bonchev–Trinajstić information content (AvgIpc) is 3.12. The third kappa shape index (κ3) is 3.62. The summed E-state index contributed by atoms with van der Waals surface area (Å²) in [5.41, 5.74) is 0.543. The van der Waals surface area contributed by atoms with Gasteiger partial charge in [-0.3, -0.25) is 4.79 Å². The highest BCUT2D eigenvalue weighted by Gasteiger charge is 2.29. The first-order valence-electron chi connectivity index (χ1n) is 9.78. The van der Waals surface area contributed by atoms with Gasteiger partial charge in [-0.1, -0.05) is 6.92 Å². The Bertz CT molecular complexity index is 936. The second-order valence-corrected chi connectivity index (χ2v) is 9.69. The zero-order valence-electron chi connectivity index (χ0n) is 15.7. The van der Waals surface area contributed by atoms with E-state index in [0.717, 1.165) is 45.2 Å². The summed E-state index contributed by atoms with van der Waals surface area (Å²) in [5, 5.41) is 0.654. The third-order valence-electron chi connectivity index (χ3n) is 5.72. The van der Waals surface area contributed by atoms with Crippen molar-refractivity contribution in [2.45, 2.75) is 43.9 Å². The molecule has 2 saturated heterocycles. The summed E-state index contributed by atoms with van der Waals surface area (Å²) in [5.74, 6) is 0.740. The Hall–Kier alpha value is -1.86. The van der Waals surface area contributed by atoms with E-state index >= 15 is 0 Å². The molecule has 3 heterocycles. The van der Waals surface area contributed by atoms with Crippen molar-refractivity contribution < 1.29 is 17.6 Å². The van der Waals surface area contributed by atoms with Gasteiger partial charge in [-0.05, 0) is 62.3 Å². The van der Waals surface area contributed by atoms with Gasteiger partial charge in [-0.15, -0.1) is 0 Å². The van der Waals surface area contributed by atoms with Crippen molar-refractivity contribution in [3.8, 4) is 0 Å². The lowest BCUT2D eigenvalue weighted by atomic mass is 10.0. The van der Waals surface area contributed by atoms with Crippen LogP contribution in [0.4, 0.5) is 0 Å². The SMILES string of the molecule is CC1CCN(S(=O)(=O)c2ccc3oc(C(=O)N4CCCCC4)cc3c2)CC1. The molecule has 0 radical (unpaired) electrons. The molecule has 4 rings (SSSR count). The largest absolute Gasteiger partial charge is 0.451 e. The molecule has 27 heavy (non-hydrogen) atoms. The smallest absolute Gasteiger partial charge is 0.289 e. The third-order valence-corrected chi connectivity index (χ3v) is 7.62. The lowest BCUT2D eigenvalue weighted by Gasteiger charge is -2.29. The van der Waals surface area contributed by atoms with E-state index in [1.807, 2.05) is 4.90 Å². The summed E-state index contributed by atoms with van der Waals surface area (Å²) in [6.07, 6.45) is 4.97. The number of hydrogen-bond donors (Lipinski definition) is 0. The van der Waals surface area contributed by atoms with E-state index in [-0.39, 0.29) is 16.6 Å². The van der Waals surface area contributed by atoms with E-state index in [0.29, 0.717) is 30.0 Å². The van der Waals surface area contributed by atoms with Gasteiger partial charge in [0, 0.05) is 31.6 Å². The van der Waals surface area contributed by atoms with Crippen LogP contribution in [0.15, 0.2) is 33.6 Å². The molecule has 2 aromatic rings. The number of benzene rings is 1. The quantitative estimate of drug-likeness (QED) is 0.804. The van der Waals surface area contributed by atoms with Crippen molar-refractivity contribution in [3.63, 3.8) is 0 Å². The van der Waals surface area contributed by atoms with Gasteiger partial charge >= 0.3 is 0 Å². The molecule has 2 fully saturated rings. The molecule has 0 bridgehead atoms. The first kappa shape index (κ1) is 18.5. The van der Waals surface area contributed by atoms with Gasteiger partial charge in [0.15, 0.2) is 5.76 Å². The molecule has 6 nitrogen and oxygen atoms in total. The van der Waals surface area contributed by atoms with E-state index in [1.54, 1.807) is 28.6 Å². The van der Waals surface area contributed by atoms with E-state index in [2.05, 4.69) is 6.92 Å². The second-order valence-electron chi connectivity index (χ2n) is 7.75. The van der Waals surface area contributed by atoms with Crippen LogP contribution in [-0.4, -0.2) is 49.7 Å². The van der Waals surface area contributed by atoms with Crippen molar-refractivity contribution in [3.05, 3.63) is 30.0 Å². The number of nitrogens with zero attached hydrogens (tertiary/aromatic N) is 2. The number of piperidine rings is 2. The fourth-order valence-electron chi connectivity index (χ4n) is 3.91. The summed E-state index contributed by atoms with van der Waals surface area (Å²) in [7, 11) is -3.51. The van der Waals surface area contributed by atoms with Crippen LogP contribution >= 0.6 is 0 Å². The van der Waals surface area contributed by atoms with Crippen molar-refractivity contribution in [2.24, 2.45) is 5.92 Å². The summed E-state index contributed by atoms with van der Waals surface area (Å²) in [4.78, 5) is 14.7. The number of rotatable bonds is 3. The molecule has 0 spiro atoms. The number of sulfonamides is 1. The minimum absolute atomic E-state index is 0.111. The second kappa shape index (κ2) is 7.28. The molecule has 0 unspecified atom stereocenters. The molecule has 1 amide bonds. The maximum Gasteiger partial charge on any atom is 0.289 e. The normalized spacial score (nSPS) is 20.3. The summed E-state index contributed by atoms with van der Waals surface area (Å²) in [6.45, 7) is 4.78. The van der Waals surface area contributed by atoms with Crippen LogP contribution in [0.5, 0.6) is 0 Å². The molecule has 0 saturated carbocycles. The minimum atomic E-state index is -3.51. The Labute approximate surface area is 160 Å². The summed E-state index contributed by atoms with van der Waals surface area (Å²) >= 11 is 0. The summed E-state index contributed by atoms with van der Waals surface area (Å²) < 4.78 is 33.2. The van der Waals surface area contributed by atoms with Crippen LogP contribution in [0.3, 0.4) is 0 Å². The van der Waals surface area contributed by atoms with E-state index < -0.39 is 10.0 Å². The molecule has 7 heteroatoms. The van der Waals surface area contributed by atoms with E-state index in [9.17, 15) is 13.2 Å². The van der Waals surface area contributed by atoms with Crippen LogP contribution in [-0.2, 0) is 10.0 Å². The predicted octanol–water partition coefficient (Wildman–Crippen LogP) is 3.48. The zero-order valence-corrected chi connectivity index (χ0v) is 16.5. The molecule has 2 aliphatic rings. The van der Waals surface area contributed by atoms with Crippen LogP contribution in [0.1, 0.15) is 49.6 Å². The Morgan fingerprint density at radius 3 is 2.44 bits per heavy atom. The van der Waals surface area contributed by atoms with Gasteiger partial charge < -0.3 is 9.32 Å². The first-order chi connectivity index (χ1) is 12.9. The molecular weight excluding hydrogens is 364 g/mol. The summed E-state index contributed by atoms with van der Waals surface area (Å²) in [6, 6.07) is 6.53. The number of carbonyl (C=O) groups is 1. The number of furan rings is 1. The molecular formula is C20H26N2O4S. The molecule has 146 valence electrons. The van der Waals surface area contributed by atoms with Gasteiger partial charge in [-0.2, -0.15) is 4.31 Å². The molecule has 0 aliphatic carbocycles. The Morgan fingerprint density at radius 1 is 1.04 bits per heavy atom. The van der Waals surface area contributed by atoms with E-state index in [1.165, 1.54) is 0 Å². The number of hydrogen-bond acceptors (Lipinski definition) is 4. The number of likely N-dealkylation sites (tertiary alicyclic amines) is 1. The highest BCUT2D eigenvalue weighted by Crippen LogP contribution is 2.28. The number of amides is 1. The van der Waals surface area contributed by atoms with Gasteiger partial charge in [0.2, 0.25) is 10.0 Å². The maximum atomic E-state index is 12.9. The topological polar surface area (TPSA) is 70.8 Å². The average molecular weight is 391 g/mol. The monoisotopic (exact) mass is 390 g/mol. The maximum absolute atomic E-state index is 12.9. The zero-order chi connectivity index (χ0) is 19.0. The lowest BCUT2D eigenvalue weighted by molar-refractivity contribution is 0.0694. The first-order valence-corrected chi connectivity index (χ1v) is 11.2. The molecule has 1 aromatic heterocycles. The Kier molecular flexibility index (Phi) is 4.99. The van der Waals surface area contributed by atoms with Gasteiger partial charge in [0.05, 0.1) is 4.90 Å². The molecule has 0 N–H and O–H groups in total. The molecule has 0 atom stereocenters. The Balaban J connectivity index is 1.60. The number of fused-ring (bicyclic) bond motifs is 1. The van der Waals surface area contributed by atoms with Crippen molar-refractivity contribution >= 4 is 26.9 Å². The standard InChI is InChI=1S/C20H26N2O4S/c1-15-7-11-22(12-8-15)27(24,25)17-5-6-18-16(13-17)14-19(26-18)20(23)21-9-3-2-4-10-21/h5-6,13-15H,2-4,7-12H2,1H3. The van der Waals surface area contributed by atoms with Gasteiger partial charge in [0.25, 0.3) is 5.91 Å². The van der Waals surface area contributed by atoms with Gasteiger partial charge in [0.1, 0.15) is 5.58 Å². The van der Waals surface area contributed by atoms with Crippen LogP contribution in [0.25, 0.3) is 11.0 Å². The van der Waals surface area contributed by atoms with Crippen LogP contribution < -0.4 is 0 Å². The Morgan fingerprint density at radius 2 is 1.74 bits per heavy atom. The lowest BCUT2D eigenvalue weighted by Crippen LogP contribution is -2.37. The van der Waals surface area contributed by atoms with Crippen LogP contribution in [0.2, 0.25) is 0 Å². The molecule has 2 aliphatic heterocycles. The van der Waals surface area contributed by atoms with E-state index in [4.69, 9.17) is 4.42 Å². The van der Waals surface area contributed by atoms with Crippen molar-refractivity contribution in [2.75, 3.05) is 26.2 Å². The number of carbonyl (C=O) groups excluding carboxylic acids is 1. The molecule has 1 aromatic carbocycles. The highest BCUT2D eigenvalue weighted by atomic mass is 32.2. The fourth-order valence-corrected chi connectivity index (χ4v) is 5.42. The highest BCUT2D eigenvalue weighted by molar-refractivity contribution is 7.89. The predicted molar refractivity (Wildman–Crippen MR) is 103 cm³/mol. The van der Waals surface area contributed by atoms with Crippen molar-refractivity contribution in [1.82, 2.24) is 9.21 Å². The fraction of sp³-hybridized carbons (Fsp3) is 0.550. The van der Waals surface area contributed by atoms with Gasteiger partial charge in [-0.25, -0.2) is 8.42 Å². The van der Waals surface area contributed by atoms with Crippen LogP contribution in [0, 0.1) is 5.92 Å².